The molecular formula is C11H13N3O3. The maximum absolute atomic E-state index is 9.33. The van der Waals surface area contributed by atoms with Crippen molar-refractivity contribution in [1.29, 1.82) is 0 Å². The Hall–Kier alpha value is -1.92. The van der Waals surface area contributed by atoms with Crippen LogP contribution in [0.5, 0.6) is 5.75 Å². The number of benzene rings is 1. The quantitative estimate of drug-likeness (QED) is 0.727. The summed E-state index contributed by atoms with van der Waals surface area (Å²) in [6.07, 6.45) is -0.771. The van der Waals surface area contributed by atoms with Crippen LogP contribution in [-0.2, 0) is 0 Å². The SMILES string of the molecule is C[C@@H](O)[C@H](N)c1nc(-c2cccc(O)c2)no1. The summed E-state index contributed by atoms with van der Waals surface area (Å²) in [6, 6.07) is 5.76. The second-order valence-electron chi connectivity index (χ2n) is 3.77. The first kappa shape index (κ1) is 11.6. The van der Waals surface area contributed by atoms with Crippen molar-refractivity contribution >= 4 is 0 Å². The molecule has 1 heterocycles. The van der Waals surface area contributed by atoms with E-state index >= 15 is 0 Å². The number of hydrogen-bond acceptors (Lipinski definition) is 6. The summed E-state index contributed by atoms with van der Waals surface area (Å²) in [4.78, 5) is 4.07. The van der Waals surface area contributed by atoms with Gasteiger partial charge < -0.3 is 20.5 Å². The third-order valence-corrected chi connectivity index (χ3v) is 2.35. The Balaban J connectivity index is 2.30. The van der Waals surface area contributed by atoms with Crippen LogP contribution in [0, 0.1) is 0 Å². The van der Waals surface area contributed by atoms with Gasteiger partial charge in [-0.15, -0.1) is 0 Å². The zero-order valence-corrected chi connectivity index (χ0v) is 9.24. The molecule has 2 aromatic rings. The molecule has 90 valence electrons. The monoisotopic (exact) mass is 235 g/mol. The molecule has 0 unspecified atom stereocenters. The largest absolute Gasteiger partial charge is 0.508 e. The zero-order valence-electron chi connectivity index (χ0n) is 9.24. The molecule has 6 nitrogen and oxygen atoms in total. The third kappa shape index (κ3) is 2.43. The summed E-state index contributed by atoms with van der Waals surface area (Å²) in [5, 5.41) is 22.4. The van der Waals surface area contributed by atoms with Crippen LogP contribution in [0.25, 0.3) is 11.4 Å². The number of nitrogens with zero attached hydrogens (tertiary/aromatic N) is 2. The maximum Gasteiger partial charge on any atom is 0.246 e. The number of phenols is 1. The van der Waals surface area contributed by atoms with E-state index in [1.54, 1.807) is 25.1 Å². The van der Waals surface area contributed by atoms with E-state index in [0.29, 0.717) is 11.4 Å². The summed E-state index contributed by atoms with van der Waals surface area (Å²) in [6.45, 7) is 1.54. The third-order valence-electron chi connectivity index (χ3n) is 2.35. The molecule has 0 fully saturated rings. The van der Waals surface area contributed by atoms with E-state index in [-0.39, 0.29) is 11.6 Å². The van der Waals surface area contributed by atoms with E-state index in [2.05, 4.69) is 10.1 Å². The first-order valence-electron chi connectivity index (χ1n) is 5.14. The summed E-state index contributed by atoms with van der Waals surface area (Å²) in [7, 11) is 0. The van der Waals surface area contributed by atoms with Crippen LogP contribution in [0.3, 0.4) is 0 Å². The van der Waals surface area contributed by atoms with Crippen molar-refractivity contribution < 1.29 is 14.7 Å². The van der Waals surface area contributed by atoms with E-state index in [0.717, 1.165) is 0 Å². The van der Waals surface area contributed by atoms with Gasteiger partial charge in [-0.1, -0.05) is 17.3 Å². The Kier molecular flexibility index (Phi) is 3.08. The topological polar surface area (TPSA) is 105 Å². The standard InChI is InChI=1S/C11H13N3O3/c1-6(15)9(12)11-13-10(14-17-11)7-3-2-4-8(16)5-7/h2-6,9,15-16H,12H2,1H3/t6-,9+/m1/s1. The number of nitrogens with two attached hydrogens (primary N) is 1. The van der Waals surface area contributed by atoms with Gasteiger partial charge in [0, 0.05) is 5.56 Å². The molecule has 0 bridgehead atoms. The molecule has 0 radical (unpaired) electrons. The van der Waals surface area contributed by atoms with Gasteiger partial charge in [-0.2, -0.15) is 4.98 Å². The number of aromatic hydroxyl groups is 1. The second kappa shape index (κ2) is 4.52. The van der Waals surface area contributed by atoms with E-state index in [1.165, 1.54) is 6.07 Å². The predicted molar refractivity (Wildman–Crippen MR) is 60.0 cm³/mol. The lowest BCUT2D eigenvalue weighted by Crippen LogP contribution is -2.23. The van der Waals surface area contributed by atoms with Gasteiger partial charge in [0.05, 0.1) is 6.10 Å². The van der Waals surface area contributed by atoms with Crippen molar-refractivity contribution in [2.75, 3.05) is 0 Å². The number of hydrogen-bond donors (Lipinski definition) is 3. The molecule has 4 N–H and O–H groups in total. The normalized spacial score (nSPS) is 14.5. The van der Waals surface area contributed by atoms with Gasteiger partial charge in [0.2, 0.25) is 11.7 Å². The fourth-order valence-corrected chi connectivity index (χ4v) is 1.34. The minimum absolute atomic E-state index is 0.119. The number of aliphatic hydroxyl groups excluding tert-OH is 1. The Morgan fingerprint density at radius 2 is 2.18 bits per heavy atom. The summed E-state index contributed by atoms with van der Waals surface area (Å²) < 4.78 is 4.95. The number of phenolic OH excluding ortho intramolecular Hbond substituents is 1. The van der Waals surface area contributed by atoms with Crippen LogP contribution >= 0.6 is 0 Å². The highest BCUT2D eigenvalue weighted by molar-refractivity contribution is 5.56. The fourth-order valence-electron chi connectivity index (χ4n) is 1.34. The minimum atomic E-state index is -0.771. The van der Waals surface area contributed by atoms with Crippen molar-refractivity contribution in [2.24, 2.45) is 5.73 Å². The first-order valence-corrected chi connectivity index (χ1v) is 5.14. The van der Waals surface area contributed by atoms with Gasteiger partial charge in [0.15, 0.2) is 0 Å². The van der Waals surface area contributed by atoms with Crippen molar-refractivity contribution in [3.8, 4) is 17.1 Å². The molecule has 0 aliphatic rings. The zero-order chi connectivity index (χ0) is 12.4. The number of aliphatic hydroxyl groups is 1. The first-order chi connectivity index (χ1) is 8.08. The van der Waals surface area contributed by atoms with Gasteiger partial charge >= 0.3 is 0 Å². The minimum Gasteiger partial charge on any atom is -0.508 e. The summed E-state index contributed by atoms with van der Waals surface area (Å²) in [5.74, 6) is 0.610. The molecule has 0 aliphatic heterocycles. The van der Waals surface area contributed by atoms with Crippen LogP contribution in [0.2, 0.25) is 0 Å². The smallest absolute Gasteiger partial charge is 0.246 e. The van der Waals surface area contributed by atoms with Gasteiger partial charge in [0.25, 0.3) is 0 Å². The highest BCUT2D eigenvalue weighted by atomic mass is 16.5. The molecule has 1 aromatic heterocycles. The van der Waals surface area contributed by atoms with Crippen molar-refractivity contribution in [3.63, 3.8) is 0 Å². The lowest BCUT2D eigenvalue weighted by Gasteiger charge is -2.08. The molecule has 2 rings (SSSR count). The number of rotatable bonds is 3. The lowest BCUT2D eigenvalue weighted by atomic mass is 10.2. The van der Waals surface area contributed by atoms with Crippen molar-refractivity contribution in [3.05, 3.63) is 30.2 Å². The average molecular weight is 235 g/mol. The average Bonchev–Trinajstić information content (AvgIpc) is 2.77. The summed E-state index contributed by atoms with van der Waals surface area (Å²) >= 11 is 0. The van der Waals surface area contributed by atoms with Crippen LogP contribution < -0.4 is 5.73 Å². The summed E-state index contributed by atoms with van der Waals surface area (Å²) in [5.41, 5.74) is 6.29. The van der Waals surface area contributed by atoms with E-state index < -0.39 is 12.1 Å². The molecule has 17 heavy (non-hydrogen) atoms. The lowest BCUT2D eigenvalue weighted by molar-refractivity contribution is 0.146. The van der Waals surface area contributed by atoms with Crippen molar-refractivity contribution in [1.82, 2.24) is 10.1 Å². The van der Waals surface area contributed by atoms with E-state index in [9.17, 15) is 10.2 Å². The Morgan fingerprint density at radius 1 is 1.41 bits per heavy atom. The molecule has 0 aliphatic carbocycles. The van der Waals surface area contributed by atoms with Crippen LogP contribution in [-0.4, -0.2) is 26.5 Å². The van der Waals surface area contributed by atoms with Crippen molar-refractivity contribution in [2.45, 2.75) is 19.1 Å². The highest BCUT2D eigenvalue weighted by Crippen LogP contribution is 2.22. The Labute approximate surface area is 97.7 Å². The molecule has 0 saturated heterocycles. The van der Waals surface area contributed by atoms with Gasteiger partial charge in [0.1, 0.15) is 11.8 Å². The van der Waals surface area contributed by atoms with Gasteiger partial charge in [-0.3, -0.25) is 0 Å². The second-order valence-corrected chi connectivity index (χ2v) is 3.77. The predicted octanol–water partition coefficient (Wildman–Crippen LogP) is 0.823. The van der Waals surface area contributed by atoms with Crippen LogP contribution in [0.15, 0.2) is 28.8 Å². The molecule has 2 atom stereocenters. The highest BCUT2D eigenvalue weighted by Gasteiger charge is 2.19. The van der Waals surface area contributed by atoms with Gasteiger partial charge in [-0.25, -0.2) is 0 Å². The van der Waals surface area contributed by atoms with Crippen LogP contribution in [0.4, 0.5) is 0 Å². The van der Waals surface area contributed by atoms with E-state index in [1.807, 2.05) is 0 Å². The fraction of sp³-hybridized carbons (Fsp3) is 0.273. The molecule has 1 aromatic carbocycles. The molecule has 0 saturated carbocycles. The Morgan fingerprint density at radius 3 is 2.82 bits per heavy atom. The molecular weight excluding hydrogens is 222 g/mol. The maximum atomic E-state index is 9.33. The Bertz CT molecular complexity index is 510. The molecule has 0 amide bonds. The van der Waals surface area contributed by atoms with Gasteiger partial charge in [-0.05, 0) is 19.1 Å². The number of aromatic nitrogens is 2. The van der Waals surface area contributed by atoms with E-state index in [4.69, 9.17) is 10.3 Å². The molecule has 6 heteroatoms. The van der Waals surface area contributed by atoms with Crippen LogP contribution in [0.1, 0.15) is 18.9 Å². The molecule has 0 spiro atoms.